The number of aromatic nitrogens is 2. The predicted molar refractivity (Wildman–Crippen MR) is 90.3 cm³/mol. The summed E-state index contributed by atoms with van der Waals surface area (Å²) in [5.74, 6) is 2.73. The van der Waals surface area contributed by atoms with Gasteiger partial charge in [-0.2, -0.15) is 5.10 Å². The number of nitrogens with zero attached hydrogens (tertiary/aromatic N) is 2. The van der Waals surface area contributed by atoms with E-state index in [1.807, 2.05) is 6.20 Å². The normalized spacial score (nSPS) is 29.5. The fourth-order valence-electron chi connectivity index (χ4n) is 4.31. The van der Waals surface area contributed by atoms with Crippen molar-refractivity contribution in [1.82, 2.24) is 15.1 Å². The molecule has 1 aromatic rings. The van der Waals surface area contributed by atoms with E-state index in [1.54, 1.807) is 0 Å². The van der Waals surface area contributed by atoms with Crippen molar-refractivity contribution in [3.63, 3.8) is 0 Å². The lowest BCUT2D eigenvalue weighted by molar-refractivity contribution is 0.393. The van der Waals surface area contributed by atoms with Crippen LogP contribution in [0.15, 0.2) is 10.7 Å². The van der Waals surface area contributed by atoms with Crippen LogP contribution < -0.4 is 5.32 Å². The van der Waals surface area contributed by atoms with Crippen LogP contribution in [0.4, 0.5) is 0 Å². The van der Waals surface area contributed by atoms with Crippen molar-refractivity contribution in [2.45, 2.75) is 65.0 Å². The highest BCUT2D eigenvalue weighted by molar-refractivity contribution is 9.10. The average molecular weight is 354 g/mol. The number of rotatable bonds is 6. The fraction of sp³-hybridized carbons (Fsp3) is 0.824. The molecule has 0 amide bonds. The number of hydrogen-bond donors (Lipinski definition) is 1. The third-order valence-electron chi connectivity index (χ3n) is 5.29. The lowest BCUT2D eigenvalue weighted by Gasteiger charge is -2.23. The summed E-state index contributed by atoms with van der Waals surface area (Å²) in [5, 5.41) is 8.44. The summed E-state index contributed by atoms with van der Waals surface area (Å²) >= 11 is 3.75. The second kappa shape index (κ2) is 6.41. The minimum Gasteiger partial charge on any atom is -0.308 e. The molecule has 2 fully saturated rings. The Labute approximate surface area is 137 Å². The lowest BCUT2D eigenvalue weighted by atomic mass is 10.0. The first kappa shape index (κ1) is 15.5. The standard InChI is InChI=1S/C17H28BrN3/c1-4-9-19-16(15-12-7-5-6-8-13(12)15)17-14(18)10-20-21(17)11(2)3/h10-13,15-16,19H,4-9H2,1-3H3. The first-order chi connectivity index (χ1) is 10.1. The molecule has 0 spiro atoms. The van der Waals surface area contributed by atoms with Gasteiger partial charge in [0.15, 0.2) is 0 Å². The summed E-state index contributed by atoms with van der Waals surface area (Å²) in [6.45, 7) is 7.79. The van der Waals surface area contributed by atoms with Crippen LogP contribution >= 0.6 is 15.9 Å². The molecule has 0 bridgehead atoms. The van der Waals surface area contributed by atoms with Gasteiger partial charge in [-0.05, 0) is 73.3 Å². The molecule has 0 aliphatic heterocycles. The molecule has 118 valence electrons. The van der Waals surface area contributed by atoms with Crippen molar-refractivity contribution in [2.24, 2.45) is 17.8 Å². The zero-order valence-electron chi connectivity index (χ0n) is 13.5. The van der Waals surface area contributed by atoms with Gasteiger partial charge in [0, 0.05) is 6.04 Å². The highest BCUT2D eigenvalue weighted by atomic mass is 79.9. The first-order valence-corrected chi connectivity index (χ1v) is 9.40. The molecule has 3 unspecified atom stereocenters. The van der Waals surface area contributed by atoms with Gasteiger partial charge in [-0.15, -0.1) is 0 Å². The van der Waals surface area contributed by atoms with Crippen molar-refractivity contribution in [3.8, 4) is 0 Å². The average Bonchev–Trinajstić information content (AvgIpc) is 3.06. The van der Waals surface area contributed by atoms with Gasteiger partial charge < -0.3 is 5.32 Å². The molecule has 0 saturated heterocycles. The Morgan fingerprint density at radius 2 is 2.00 bits per heavy atom. The van der Waals surface area contributed by atoms with Gasteiger partial charge in [0.05, 0.1) is 22.4 Å². The zero-order chi connectivity index (χ0) is 15.0. The molecule has 3 rings (SSSR count). The second-order valence-electron chi connectivity index (χ2n) is 7.04. The summed E-state index contributed by atoms with van der Waals surface area (Å²) < 4.78 is 3.38. The van der Waals surface area contributed by atoms with E-state index in [2.05, 4.69) is 51.8 Å². The Kier molecular flexibility index (Phi) is 4.75. The fourth-order valence-corrected chi connectivity index (χ4v) is 4.83. The van der Waals surface area contributed by atoms with Crippen molar-refractivity contribution in [2.75, 3.05) is 6.54 Å². The van der Waals surface area contributed by atoms with E-state index in [-0.39, 0.29) is 0 Å². The molecule has 3 atom stereocenters. The molecule has 1 N–H and O–H groups in total. The molecule has 2 saturated carbocycles. The molecule has 2 aliphatic carbocycles. The number of hydrogen-bond acceptors (Lipinski definition) is 2. The largest absolute Gasteiger partial charge is 0.308 e. The van der Waals surface area contributed by atoms with E-state index in [0.717, 1.165) is 24.3 Å². The van der Waals surface area contributed by atoms with E-state index in [4.69, 9.17) is 0 Å². The van der Waals surface area contributed by atoms with Crippen LogP contribution in [-0.2, 0) is 0 Å². The monoisotopic (exact) mass is 353 g/mol. The topological polar surface area (TPSA) is 29.9 Å². The van der Waals surface area contributed by atoms with Crippen molar-refractivity contribution in [1.29, 1.82) is 0 Å². The molecule has 1 heterocycles. The van der Waals surface area contributed by atoms with E-state index in [1.165, 1.54) is 42.3 Å². The molecule has 3 nitrogen and oxygen atoms in total. The lowest BCUT2D eigenvalue weighted by Crippen LogP contribution is -2.28. The summed E-state index contributed by atoms with van der Waals surface area (Å²) in [6, 6.07) is 0.885. The number of halogens is 1. The Morgan fingerprint density at radius 3 is 2.57 bits per heavy atom. The molecule has 2 aliphatic rings. The van der Waals surface area contributed by atoms with Crippen molar-refractivity contribution < 1.29 is 0 Å². The van der Waals surface area contributed by atoms with Crippen LogP contribution in [0.2, 0.25) is 0 Å². The van der Waals surface area contributed by atoms with Crippen LogP contribution in [0.25, 0.3) is 0 Å². The first-order valence-electron chi connectivity index (χ1n) is 8.61. The smallest absolute Gasteiger partial charge is 0.0701 e. The SMILES string of the molecule is CCCNC(c1c(Br)cnn1C(C)C)C1C2CCCCC21. The predicted octanol–water partition coefficient (Wildman–Crippen LogP) is 4.70. The van der Waals surface area contributed by atoms with Crippen LogP contribution in [0.3, 0.4) is 0 Å². The molecular formula is C17H28BrN3. The Bertz CT molecular complexity index is 470. The minimum atomic E-state index is 0.415. The van der Waals surface area contributed by atoms with E-state index in [0.29, 0.717) is 12.1 Å². The molecule has 0 aromatic carbocycles. The Morgan fingerprint density at radius 1 is 1.33 bits per heavy atom. The van der Waals surface area contributed by atoms with E-state index in [9.17, 15) is 0 Å². The summed E-state index contributed by atoms with van der Waals surface area (Å²) in [5.41, 5.74) is 1.37. The van der Waals surface area contributed by atoms with Crippen LogP contribution in [0.1, 0.15) is 70.7 Å². The van der Waals surface area contributed by atoms with Crippen LogP contribution in [0, 0.1) is 17.8 Å². The highest BCUT2D eigenvalue weighted by Gasteiger charge is 2.55. The van der Waals surface area contributed by atoms with Crippen LogP contribution in [0.5, 0.6) is 0 Å². The van der Waals surface area contributed by atoms with Crippen LogP contribution in [-0.4, -0.2) is 16.3 Å². The summed E-state index contributed by atoms with van der Waals surface area (Å²) in [6.07, 6.45) is 8.90. The van der Waals surface area contributed by atoms with Gasteiger partial charge in [-0.1, -0.05) is 19.8 Å². The van der Waals surface area contributed by atoms with Gasteiger partial charge in [0.25, 0.3) is 0 Å². The van der Waals surface area contributed by atoms with E-state index >= 15 is 0 Å². The number of nitrogens with one attached hydrogen (secondary N) is 1. The third kappa shape index (κ3) is 2.94. The van der Waals surface area contributed by atoms with Gasteiger partial charge in [0.1, 0.15) is 0 Å². The van der Waals surface area contributed by atoms with Crippen molar-refractivity contribution >= 4 is 15.9 Å². The second-order valence-corrected chi connectivity index (χ2v) is 7.89. The quantitative estimate of drug-likeness (QED) is 0.802. The van der Waals surface area contributed by atoms with Gasteiger partial charge in [-0.3, -0.25) is 4.68 Å². The highest BCUT2D eigenvalue weighted by Crippen LogP contribution is 2.60. The molecule has 0 radical (unpaired) electrons. The maximum atomic E-state index is 4.60. The van der Waals surface area contributed by atoms with Crippen molar-refractivity contribution in [3.05, 3.63) is 16.4 Å². The van der Waals surface area contributed by atoms with E-state index < -0.39 is 0 Å². The molecule has 4 heteroatoms. The van der Waals surface area contributed by atoms with Gasteiger partial charge >= 0.3 is 0 Å². The molecular weight excluding hydrogens is 326 g/mol. The third-order valence-corrected chi connectivity index (χ3v) is 5.90. The van der Waals surface area contributed by atoms with Gasteiger partial charge in [-0.25, -0.2) is 0 Å². The maximum Gasteiger partial charge on any atom is 0.0701 e. The maximum absolute atomic E-state index is 4.60. The molecule has 21 heavy (non-hydrogen) atoms. The van der Waals surface area contributed by atoms with Gasteiger partial charge in [0.2, 0.25) is 0 Å². The summed E-state index contributed by atoms with van der Waals surface area (Å²) in [7, 11) is 0. The number of fused-ring (bicyclic) bond motifs is 1. The minimum absolute atomic E-state index is 0.415. The molecule has 1 aromatic heterocycles. The Hall–Kier alpha value is -0.350. The Balaban J connectivity index is 1.87. The summed E-state index contributed by atoms with van der Waals surface area (Å²) in [4.78, 5) is 0. The zero-order valence-corrected chi connectivity index (χ0v) is 15.1.